The Hall–Kier alpha value is -1.42. The SMILES string of the molecule is Fc1cc(F)cc(C(Br)Oc2ccccc2)c1. The molecular formula is C13H9BrF2O. The van der Waals surface area contributed by atoms with Gasteiger partial charge < -0.3 is 4.74 Å². The largest absolute Gasteiger partial charge is 0.474 e. The van der Waals surface area contributed by atoms with Gasteiger partial charge in [0, 0.05) is 11.6 Å². The van der Waals surface area contributed by atoms with Gasteiger partial charge in [-0.25, -0.2) is 8.78 Å². The zero-order valence-corrected chi connectivity index (χ0v) is 10.3. The summed E-state index contributed by atoms with van der Waals surface area (Å²) < 4.78 is 31.5. The van der Waals surface area contributed by atoms with Crippen molar-refractivity contribution in [1.29, 1.82) is 0 Å². The number of hydrogen-bond acceptors (Lipinski definition) is 1. The van der Waals surface area contributed by atoms with Gasteiger partial charge in [-0.3, -0.25) is 0 Å². The third-order valence-corrected chi connectivity index (χ3v) is 2.85. The van der Waals surface area contributed by atoms with E-state index in [0.29, 0.717) is 11.3 Å². The summed E-state index contributed by atoms with van der Waals surface area (Å²) in [5.41, 5.74) is 0.395. The number of rotatable bonds is 3. The van der Waals surface area contributed by atoms with Gasteiger partial charge in [-0.2, -0.15) is 0 Å². The Bertz CT molecular complexity index is 482. The second-order valence-electron chi connectivity index (χ2n) is 3.45. The quantitative estimate of drug-likeness (QED) is 0.761. The molecule has 0 fully saturated rings. The average molecular weight is 299 g/mol. The van der Waals surface area contributed by atoms with Crippen LogP contribution in [-0.4, -0.2) is 0 Å². The lowest BCUT2D eigenvalue weighted by atomic mass is 10.2. The molecule has 0 bridgehead atoms. The van der Waals surface area contributed by atoms with Gasteiger partial charge >= 0.3 is 0 Å². The Labute approximate surface area is 106 Å². The maximum atomic E-state index is 13.0. The minimum Gasteiger partial charge on any atom is -0.474 e. The van der Waals surface area contributed by atoms with E-state index in [9.17, 15) is 8.78 Å². The molecule has 2 aromatic carbocycles. The van der Waals surface area contributed by atoms with Gasteiger partial charge in [0.05, 0.1) is 0 Å². The van der Waals surface area contributed by atoms with Gasteiger partial charge in [0.15, 0.2) is 5.01 Å². The monoisotopic (exact) mass is 298 g/mol. The van der Waals surface area contributed by atoms with Gasteiger partial charge in [0.2, 0.25) is 0 Å². The lowest BCUT2D eigenvalue weighted by molar-refractivity contribution is 0.300. The normalized spacial score (nSPS) is 12.2. The second kappa shape index (κ2) is 5.27. The summed E-state index contributed by atoms with van der Waals surface area (Å²) in [4.78, 5) is 0. The fourth-order valence-corrected chi connectivity index (χ4v) is 1.87. The molecule has 0 radical (unpaired) electrons. The fraction of sp³-hybridized carbons (Fsp3) is 0.0769. The molecule has 0 heterocycles. The van der Waals surface area contributed by atoms with E-state index in [4.69, 9.17) is 4.74 Å². The van der Waals surface area contributed by atoms with Crippen LogP contribution in [0.25, 0.3) is 0 Å². The molecule has 1 atom stereocenters. The molecule has 0 spiro atoms. The van der Waals surface area contributed by atoms with Crippen LogP contribution in [-0.2, 0) is 0 Å². The predicted molar refractivity (Wildman–Crippen MR) is 65.1 cm³/mol. The minimum atomic E-state index is -0.624. The van der Waals surface area contributed by atoms with Crippen molar-refractivity contribution in [1.82, 2.24) is 0 Å². The molecule has 0 aliphatic rings. The molecule has 0 saturated carbocycles. The van der Waals surface area contributed by atoms with Gasteiger partial charge in [-0.15, -0.1) is 0 Å². The molecule has 0 aliphatic heterocycles. The van der Waals surface area contributed by atoms with Crippen molar-refractivity contribution in [3.05, 3.63) is 65.7 Å². The number of hydrogen-bond donors (Lipinski definition) is 0. The molecule has 0 saturated heterocycles. The third kappa shape index (κ3) is 3.27. The zero-order chi connectivity index (χ0) is 12.3. The molecule has 2 rings (SSSR count). The van der Waals surface area contributed by atoms with E-state index in [1.807, 2.05) is 18.2 Å². The first kappa shape index (κ1) is 12.0. The van der Waals surface area contributed by atoms with E-state index >= 15 is 0 Å². The molecule has 0 N–H and O–H groups in total. The Morgan fingerprint density at radius 3 is 2.12 bits per heavy atom. The highest BCUT2D eigenvalue weighted by Gasteiger charge is 2.11. The summed E-state index contributed by atoms with van der Waals surface area (Å²) in [6, 6.07) is 12.3. The van der Waals surface area contributed by atoms with Crippen molar-refractivity contribution in [2.75, 3.05) is 0 Å². The van der Waals surface area contributed by atoms with Crippen LogP contribution in [0.3, 0.4) is 0 Å². The van der Waals surface area contributed by atoms with Crippen LogP contribution in [0.4, 0.5) is 8.78 Å². The maximum absolute atomic E-state index is 13.0. The van der Waals surface area contributed by atoms with E-state index in [2.05, 4.69) is 15.9 Å². The van der Waals surface area contributed by atoms with Crippen molar-refractivity contribution in [2.24, 2.45) is 0 Å². The summed E-state index contributed by atoms with van der Waals surface area (Å²) >= 11 is 3.24. The summed E-state index contributed by atoms with van der Waals surface area (Å²) in [6.07, 6.45) is 0. The fourth-order valence-electron chi connectivity index (χ4n) is 1.39. The number of alkyl halides is 1. The van der Waals surface area contributed by atoms with Crippen molar-refractivity contribution in [3.63, 3.8) is 0 Å². The van der Waals surface area contributed by atoms with E-state index in [1.165, 1.54) is 12.1 Å². The summed E-state index contributed by atoms with van der Waals surface area (Å²) in [6.45, 7) is 0. The molecule has 17 heavy (non-hydrogen) atoms. The van der Waals surface area contributed by atoms with Gasteiger partial charge in [0.25, 0.3) is 0 Å². The lowest BCUT2D eigenvalue weighted by Gasteiger charge is -2.13. The molecule has 2 aromatic rings. The standard InChI is InChI=1S/C13H9BrF2O/c14-13(17-12-4-2-1-3-5-12)9-6-10(15)8-11(16)7-9/h1-8,13H. The first-order valence-corrected chi connectivity index (χ1v) is 5.88. The first-order chi connectivity index (χ1) is 8.15. The second-order valence-corrected chi connectivity index (χ2v) is 4.28. The highest BCUT2D eigenvalue weighted by atomic mass is 79.9. The lowest BCUT2D eigenvalue weighted by Crippen LogP contribution is -2.01. The van der Waals surface area contributed by atoms with Crippen LogP contribution in [0.1, 0.15) is 10.6 Å². The van der Waals surface area contributed by atoms with E-state index < -0.39 is 16.6 Å². The van der Waals surface area contributed by atoms with E-state index in [1.54, 1.807) is 12.1 Å². The first-order valence-electron chi connectivity index (χ1n) is 4.97. The molecule has 4 heteroatoms. The third-order valence-electron chi connectivity index (χ3n) is 2.13. The molecule has 0 amide bonds. The number of ether oxygens (including phenoxy) is 1. The van der Waals surface area contributed by atoms with E-state index in [-0.39, 0.29) is 0 Å². The Morgan fingerprint density at radius 2 is 1.53 bits per heavy atom. The van der Waals surface area contributed by atoms with Crippen molar-refractivity contribution in [2.45, 2.75) is 5.01 Å². The smallest absolute Gasteiger partial charge is 0.178 e. The molecule has 0 aromatic heterocycles. The van der Waals surface area contributed by atoms with Gasteiger partial charge in [0.1, 0.15) is 17.4 Å². The Kier molecular flexibility index (Phi) is 3.74. The molecule has 0 aliphatic carbocycles. The highest BCUT2D eigenvalue weighted by molar-refractivity contribution is 9.09. The van der Waals surface area contributed by atoms with Crippen molar-refractivity contribution < 1.29 is 13.5 Å². The van der Waals surface area contributed by atoms with E-state index in [0.717, 1.165) is 6.07 Å². The van der Waals surface area contributed by atoms with Crippen LogP contribution in [0.5, 0.6) is 5.75 Å². The van der Waals surface area contributed by atoms with Crippen LogP contribution >= 0.6 is 15.9 Å². The predicted octanol–water partition coefficient (Wildman–Crippen LogP) is 4.44. The van der Waals surface area contributed by atoms with Crippen molar-refractivity contribution in [3.8, 4) is 5.75 Å². The minimum absolute atomic E-state index is 0.395. The van der Waals surface area contributed by atoms with Gasteiger partial charge in [-0.05, 0) is 40.2 Å². The number of para-hydroxylation sites is 1. The van der Waals surface area contributed by atoms with Crippen LogP contribution in [0.15, 0.2) is 48.5 Å². The average Bonchev–Trinajstić information content (AvgIpc) is 2.29. The van der Waals surface area contributed by atoms with Crippen LogP contribution in [0.2, 0.25) is 0 Å². The van der Waals surface area contributed by atoms with Gasteiger partial charge in [-0.1, -0.05) is 18.2 Å². The summed E-state index contributed by atoms with van der Waals surface area (Å²) in [5.74, 6) is -0.624. The Balaban J connectivity index is 2.17. The molecule has 1 nitrogen and oxygen atoms in total. The summed E-state index contributed by atoms with van der Waals surface area (Å²) in [5, 5.41) is -0.588. The Morgan fingerprint density at radius 1 is 0.941 bits per heavy atom. The summed E-state index contributed by atoms with van der Waals surface area (Å²) in [7, 11) is 0. The molecule has 1 unspecified atom stereocenters. The van der Waals surface area contributed by atoms with Crippen LogP contribution < -0.4 is 4.74 Å². The topological polar surface area (TPSA) is 9.23 Å². The molecule has 88 valence electrons. The number of benzene rings is 2. The highest BCUT2D eigenvalue weighted by Crippen LogP contribution is 2.27. The maximum Gasteiger partial charge on any atom is 0.178 e. The van der Waals surface area contributed by atoms with Crippen LogP contribution in [0, 0.1) is 11.6 Å². The molecular weight excluding hydrogens is 290 g/mol. The zero-order valence-electron chi connectivity index (χ0n) is 8.74. The number of halogens is 3. The van der Waals surface area contributed by atoms with Crippen molar-refractivity contribution >= 4 is 15.9 Å².